The second-order valence-electron chi connectivity index (χ2n) is 7.63. The number of rotatable bonds is 3. The first kappa shape index (κ1) is 19.8. The van der Waals surface area contributed by atoms with Gasteiger partial charge in [-0.2, -0.15) is 0 Å². The highest BCUT2D eigenvalue weighted by Gasteiger charge is 2.42. The second kappa shape index (κ2) is 7.56. The van der Waals surface area contributed by atoms with Crippen molar-refractivity contribution in [2.75, 3.05) is 5.75 Å². The van der Waals surface area contributed by atoms with Gasteiger partial charge in [0.15, 0.2) is 0 Å². The molecule has 1 fully saturated rings. The quantitative estimate of drug-likeness (QED) is 0.785. The molecule has 0 saturated carbocycles. The van der Waals surface area contributed by atoms with Gasteiger partial charge in [-0.15, -0.1) is 11.8 Å². The molecule has 1 heterocycles. The summed E-state index contributed by atoms with van der Waals surface area (Å²) in [6, 6.07) is 13.8. The van der Waals surface area contributed by atoms with Crippen LogP contribution in [0.25, 0.3) is 0 Å². The highest BCUT2D eigenvalue weighted by atomic mass is 35.5. The fourth-order valence-electron chi connectivity index (χ4n) is 3.09. The van der Waals surface area contributed by atoms with E-state index in [0.717, 1.165) is 5.56 Å². The van der Waals surface area contributed by atoms with Crippen LogP contribution in [0.3, 0.4) is 0 Å². The lowest BCUT2D eigenvalue weighted by Crippen LogP contribution is -2.42. The molecule has 0 aliphatic carbocycles. The Bertz CT molecular complexity index is 843. The molecule has 3 rings (SSSR count). The lowest BCUT2D eigenvalue weighted by molar-refractivity contribution is -0.141. The molecule has 4 nitrogen and oxygen atoms in total. The Kier molecular flexibility index (Phi) is 5.54. The summed E-state index contributed by atoms with van der Waals surface area (Å²) in [6.45, 7) is 6.43. The van der Waals surface area contributed by atoms with E-state index in [9.17, 15) is 14.7 Å². The smallest absolute Gasteiger partial charge is 0.327 e. The van der Waals surface area contributed by atoms with Gasteiger partial charge in [0.05, 0.1) is 0 Å². The predicted octanol–water partition coefficient (Wildman–Crippen LogP) is 4.98. The molecular weight excluding hydrogens is 382 g/mol. The molecular formula is C21H22ClNO3S. The molecule has 1 aliphatic heterocycles. The van der Waals surface area contributed by atoms with Crippen LogP contribution in [-0.4, -0.2) is 33.7 Å². The second-order valence-corrected chi connectivity index (χ2v) is 9.18. The van der Waals surface area contributed by atoms with Crippen molar-refractivity contribution >= 4 is 35.2 Å². The predicted molar refractivity (Wildman–Crippen MR) is 109 cm³/mol. The topological polar surface area (TPSA) is 57.6 Å². The van der Waals surface area contributed by atoms with Crippen molar-refractivity contribution in [3.8, 4) is 0 Å². The van der Waals surface area contributed by atoms with E-state index in [2.05, 4.69) is 32.9 Å². The summed E-state index contributed by atoms with van der Waals surface area (Å²) in [5, 5.41) is 9.81. The summed E-state index contributed by atoms with van der Waals surface area (Å²) in [4.78, 5) is 26.3. The molecule has 0 bridgehead atoms. The van der Waals surface area contributed by atoms with Gasteiger partial charge in [-0.05, 0) is 40.8 Å². The molecule has 0 aromatic heterocycles. The maximum atomic E-state index is 13.1. The average molecular weight is 404 g/mol. The third kappa shape index (κ3) is 4.14. The zero-order valence-corrected chi connectivity index (χ0v) is 17.1. The number of amides is 1. The van der Waals surface area contributed by atoms with Gasteiger partial charge in [-0.3, -0.25) is 4.79 Å². The minimum atomic E-state index is -0.987. The van der Waals surface area contributed by atoms with Crippen molar-refractivity contribution in [3.63, 3.8) is 0 Å². The average Bonchev–Trinajstić information content (AvgIpc) is 3.06. The van der Waals surface area contributed by atoms with Crippen LogP contribution < -0.4 is 0 Å². The molecule has 1 amide bonds. The third-order valence-electron chi connectivity index (χ3n) is 4.67. The minimum Gasteiger partial charge on any atom is -0.480 e. The lowest BCUT2D eigenvalue weighted by Gasteiger charge is -2.28. The number of benzene rings is 2. The zero-order chi connectivity index (χ0) is 19.8. The van der Waals surface area contributed by atoms with Crippen LogP contribution in [0.5, 0.6) is 0 Å². The number of nitrogens with zero attached hydrogens (tertiary/aromatic N) is 1. The summed E-state index contributed by atoms with van der Waals surface area (Å²) in [5.74, 6) is -0.923. The first-order valence-corrected chi connectivity index (χ1v) is 10.1. The number of carbonyl (C=O) groups is 2. The van der Waals surface area contributed by atoms with Crippen molar-refractivity contribution in [3.05, 3.63) is 70.2 Å². The van der Waals surface area contributed by atoms with Gasteiger partial charge in [0.25, 0.3) is 5.91 Å². The Balaban J connectivity index is 1.95. The molecule has 27 heavy (non-hydrogen) atoms. The maximum absolute atomic E-state index is 13.1. The van der Waals surface area contributed by atoms with Crippen molar-refractivity contribution in [2.45, 2.75) is 37.6 Å². The Morgan fingerprint density at radius 1 is 1.07 bits per heavy atom. The number of halogens is 1. The van der Waals surface area contributed by atoms with Crippen LogP contribution in [0.15, 0.2) is 48.5 Å². The molecule has 142 valence electrons. The first-order valence-electron chi connectivity index (χ1n) is 8.71. The van der Waals surface area contributed by atoms with Gasteiger partial charge in [0.2, 0.25) is 0 Å². The highest BCUT2D eigenvalue weighted by molar-refractivity contribution is 7.99. The van der Waals surface area contributed by atoms with Gasteiger partial charge in [0, 0.05) is 16.3 Å². The van der Waals surface area contributed by atoms with Gasteiger partial charge in [-0.1, -0.05) is 56.6 Å². The summed E-state index contributed by atoms with van der Waals surface area (Å²) >= 11 is 7.39. The van der Waals surface area contributed by atoms with E-state index in [-0.39, 0.29) is 16.7 Å². The molecule has 2 atom stereocenters. The van der Waals surface area contributed by atoms with Crippen LogP contribution in [0.4, 0.5) is 0 Å². The number of carboxylic acid groups (broad SMARTS) is 1. The molecule has 2 unspecified atom stereocenters. The Morgan fingerprint density at radius 2 is 1.67 bits per heavy atom. The van der Waals surface area contributed by atoms with Crippen molar-refractivity contribution in [2.24, 2.45) is 0 Å². The molecule has 6 heteroatoms. The number of hydrogen-bond acceptors (Lipinski definition) is 3. The van der Waals surface area contributed by atoms with Crippen LogP contribution in [-0.2, 0) is 10.2 Å². The van der Waals surface area contributed by atoms with Gasteiger partial charge >= 0.3 is 5.97 Å². The number of carboxylic acids is 1. The van der Waals surface area contributed by atoms with Crippen molar-refractivity contribution < 1.29 is 14.7 Å². The first-order chi connectivity index (χ1) is 12.7. The van der Waals surface area contributed by atoms with Crippen molar-refractivity contribution in [1.82, 2.24) is 4.90 Å². The maximum Gasteiger partial charge on any atom is 0.327 e. The normalized spacial score (nSPS) is 19.9. The molecule has 2 aromatic rings. The van der Waals surface area contributed by atoms with E-state index in [1.807, 2.05) is 12.1 Å². The van der Waals surface area contributed by atoms with Gasteiger partial charge < -0.3 is 10.0 Å². The Labute approximate surface area is 168 Å². The van der Waals surface area contributed by atoms with E-state index in [1.54, 1.807) is 24.3 Å². The third-order valence-corrected chi connectivity index (χ3v) is 6.25. The highest BCUT2D eigenvalue weighted by Crippen LogP contribution is 2.42. The van der Waals surface area contributed by atoms with E-state index in [1.165, 1.54) is 22.2 Å². The van der Waals surface area contributed by atoms with E-state index in [0.29, 0.717) is 16.3 Å². The monoisotopic (exact) mass is 403 g/mol. The molecule has 0 spiro atoms. The standard InChI is InChI=1S/C21H22ClNO3S/c1-21(2,3)15-8-4-14(5-9-15)19-23(17(12-27-19)20(25)26)18(24)13-6-10-16(22)11-7-13/h4-11,17,19H,12H2,1-3H3,(H,25,26). The SMILES string of the molecule is CC(C)(C)c1ccc(C2SCC(C(=O)O)N2C(=O)c2ccc(Cl)cc2)cc1. The molecule has 1 aliphatic rings. The molecule has 1 N–H and O–H groups in total. The number of aliphatic carboxylic acids is 1. The Morgan fingerprint density at radius 3 is 2.19 bits per heavy atom. The summed E-state index contributed by atoms with van der Waals surface area (Å²) in [7, 11) is 0. The lowest BCUT2D eigenvalue weighted by atomic mass is 9.86. The summed E-state index contributed by atoms with van der Waals surface area (Å²) in [5.41, 5.74) is 2.59. The minimum absolute atomic E-state index is 0.0315. The molecule has 0 radical (unpaired) electrons. The largest absolute Gasteiger partial charge is 0.480 e. The van der Waals surface area contributed by atoms with E-state index < -0.39 is 12.0 Å². The molecule has 1 saturated heterocycles. The summed E-state index contributed by atoms with van der Waals surface area (Å²) in [6.07, 6.45) is 0. The summed E-state index contributed by atoms with van der Waals surface area (Å²) < 4.78 is 0. The van der Waals surface area contributed by atoms with Crippen LogP contribution in [0.2, 0.25) is 5.02 Å². The van der Waals surface area contributed by atoms with Crippen LogP contribution in [0, 0.1) is 0 Å². The van der Waals surface area contributed by atoms with Gasteiger partial charge in [-0.25, -0.2) is 4.79 Å². The zero-order valence-electron chi connectivity index (χ0n) is 15.5. The van der Waals surface area contributed by atoms with Crippen LogP contribution >= 0.6 is 23.4 Å². The Hall–Kier alpha value is -1.98. The fraction of sp³-hybridized carbons (Fsp3) is 0.333. The molecule has 2 aromatic carbocycles. The van der Waals surface area contributed by atoms with Crippen LogP contribution in [0.1, 0.15) is 47.6 Å². The fourth-order valence-corrected chi connectivity index (χ4v) is 4.64. The number of carbonyl (C=O) groups excluding carboxylic acids is 1. The van der Waals surface area contributed by atoms with E-state index >= 15 is 0 Å². The number of thioether (sulfide) groups is 1. The van der Waals surface area contributed by atoms with Gasteiger partial charge in [0.1, 0.15) is 11.4 Å². The van der Waals surface area contributed by atoms with E-state index in [4.69, 9.17) is 11.6 Å². The van der Waals surface area contributed by atoms with Crippen molar-refractivity contribution in [1.29, 1.82) is 0 Å². The number of hydrogen-bond donors (Lipinski definition) is 1.